The van der Waals surface area contributed by atoms with Gasteiger partial charge in [-0.3, -0.25) is 0 Å². The molecule has 0 spiro atoms. The van der Waals surface area contributed by atoms with E-state index in [2.05, 4.69) is 12.1 Å². The minimum absolute atomic E-state index is 0. The third-order valence-corrected chi connectivity index (χ3v) is 2.14. The molecule has 0 atom stereocenters. The number of carbonyl (C=O) groups is 1. The summed E-state index contributed by atoms with van der Waals surface area (Å²) in [6.07, 6.45) is 0. The summed E-state index contributed by atoms with van der Waals surface area (Å²) in [7, 11) is 0. The Morgan fingerprint density at radius 3 is 2.44 bits per heavy atom. The van der Waals surface area contributed by atoms with Gasteiger partial charge < -0.3 is 4.79 Å². The van der Waals surface area contributed by atoms with Crippen molar-refractivity contribution in [1.82, 2.24) is 0 Å². The first-order valence-electron chi connectivity index (χ1n) is 4.78. The summed E-state index contributed by atoms with van der Waals surface area (Å²) in [5, 5.41) is 0. The van der Waals surface area contributed by atoms with Crippen molar-refractivity contribution in [3.63, 3.8) is 0 Å². The molecular formula is C14H10OY-2. The van der Waals surface area contributed by atoms with Gasteiger partial charge in [0.25, 0.3) is 0 Å². The van der Waals surface area contributed by atoms with Crippen molar-refractivity contribution >= 4 is 5.78 Å². The van der Waals surface area contributed by atoms with Crippen molar-refractivity contribution in [2.75, 3.05) is 0 Å². The summed E-state index contributed by atoms with van der Waals surface area (Å²) in [4.78, 5) is 11.9. The predicted octanol–water partition coefficient (Wildman–Crippen LogP) is 2.82. The normalized spacial score (nSPS) is 9.31. The van der Waals surface area contributed by atoms with Crippen molar-refractivity contribution in [3.05, 3.63) is 71.3 Å². The van der Waals surface area contributed by atoms with Crippen LogP contribution in [0.3, 0.4) is 0 Å². The molecule has 1 radical (unpaired) electrons. The zero-order chi connectivity index (χ0) is 10.7. The molecule has 0 saturated heterocycles. The van der Waals surface area contributed by atoms with Crippen LogP contribution in [0.25, 0.3) is 0 Å². The Kier molecular flexibility index (Phi) is 5.04. The van der Waals surface area contributed by atoms with Crippen LogP contribution in [0.4, 0.5) is 0 Å². The molecule has 0 bridgehead atoms. The smallest absolute Gasteiger partial charge is 0.0895 e. The summed E-state index contributed by atoms with van der Waals surface area (Å²) in [6, 6.07) is 18.7. The van der Waals surface area contributed by atoms with Crippen LogP contribution in [0.1, 0.15) is 21.5 Å². The van der Waals surface area contributed by atoms with Gasteiger partial charge in [0, 0.05) is 32.7 Å². The average Bonchev–Trinajstić information content (AvgIpc) is 2.29. The van der Waals surface area contributed by atoms with E-state index in [-0.39, 0.29) is 38.5 Å². The van der Waals surface area contributed by atoms with Crippen LogP contribution in [0.2, 0.25) is 0 Å². The summed E-state index contributed by atoms with van der Waals surface area (Å²) in [6.45, 7) is 1.92. The zero-order valence-corrected chi connectivity index (χ0v) is 11.9. The number of carbonyl (C=O) groups excluding carboxylic acids is 1. The van der Waals surface area contributed by atoms with Gasteiger partial charge in [-0.2, -0.15) is 0 Å². The van der Waals surface area contributed by atoms with Crippen molar-refractivity contribution in [2.45, 2.75) is 6.92 Å². The SMILES string of the molecule is Cc1[c-]c(C(=O)c2[c-]cccc2)ccc1.[Y]. The Labute approximate surface area is 121 Å². The van der Waals surface area contributed by atoms with Crippen molar-refractivity contribution in [1.29, 1.82) is 0 Å². The maximum atomic E-state index is 11.9. The average molecular weight is 283 g/mol. The molecule has 2 aromatic carbocycles. The molecule has 0 aliphatic carbocycles. The number of hydrogen-bond acceptors (Lipinski definition) is 1. The van der Waals surface area contributed by atoms with Gasteiger partial charge in [-0.15, -0.1) is 71.3 Å². The number of hydrogen-bond donors (Lipinski definition) is 0. The van der Waals surface area contributed by atoms with Gasteiger partial charge in [0.05, 0.1) is 5.78 Å². The molecule has 0 saturated carbocycles. The van der Waals surface area contributed by atoms with Crippen LogP contribution < -0.4 is 0 Å². The van der Waals surface area contributed by atoms with Crippen LogP contribution in [-0.4, -0.2) is 5.78 Å². The van der Waals surface area contributed by atoms with Crippen molar-refractivity contribution in [2.24, 2.45) is 0 Å². The topological polar surface area (TPSA) is 17.1 Å². The second-order valence-electron chi connectivity index (χ2n) is 3.35. The fraction of sp³-hybridized carbons (Fsp3) is 0.0714. The number of aryl methyl sites for hydroxylation is 1. The molecule has 1 nitrogen and oxygen atoms in total. The minimum atomic E-state index is -0.0284. The van der Waals surface area contributed by atoms with E-state index >= 15 is 0 Å². The van der Waals surface area contributed by atoms with Crippen LogP contribution >= 0.6 is 0 Å². The first-order chi connectivity index (χ1) is 7.27. The molecule has 0 aliphatic rings. The summed E-state index contributed by atoms with van der Waals surface area (Å²) >= 11 is 0. The van der Waals surface area contributed by atoms with E-state index in [1.54, 1.807) is 18.2 Å². The van der Waals surface area contributed by atoms with Crippen LogP contribution in [-0.2, 0) is 32.7 Å². The molecule has 0 aromatic heterocycles. The molecule has 0 aliphatic heterocycles. The summed E-state index contributed by atoms with van der Waals surface area (Å²) in [5.74, 6) is -0.0284. The van der Waals surface area contributed by atoms with Crippen LogP contribution in [0.15, 0.2) is 42.5 Å². The summed E-state index contributed by atoms with van der Waals surface area (Å²) in [5.41, 5.74) is 2.15. The second kappa shape index (κ2) is 6.07. The van der Waals surface area contributed by atoms with Gasteiger partial charge >= 0.3 is 0 Å². The fourth-order valence-corrected chi connectivity index (χ4v) is 1.40. The molecular weight excluding hydrogens is 273 g/mol. The molecule has 16 heavy (non-hydrogen) atoms. The van der Waals surface area contributed by atoms with Gasteiger partial charge in [0.15, 0.2) is 0 Å². The third-order valence-electron chi connectivity index (χ3n) is 2.14. The standard InChI is InChI=1S/C14H10O.Y/c1-11-6-5-9-13(10-11)14(15)12-7-3-2-4-8-12;/h2-7,9H,1H3;/q-2;. The third kappa shape index (κ3) is 3.10. The van der Waals surface area contributed by atoms with E-state index in [4.69, 9.17) is 0 Å². The van der Waals surface area contributed by atoms with Crippen LogP contribution in [0, 0.1) is 19.1 Å². The summed E-state index contributed by atoms with van der Waals surface area (Å²) < 4.78 is 0. The van der Waals surface area contributed by atoms with Gasteiger partial charge in [0.1, 0.15) is 0 Å². The van der Waals surface area contributed by atoms with Gasteiger partial charge in [-0.1, -0.05) is 6.92 Å². The molecule has 2 heteroatoms. The van der Waals surface area contributed by atoms with Crippen molar-refractivity contribution in [3.8, 4) is 0 Å². The molecule has 0 N–H and O–H groups in total. The number of benzene rings is 2. The first-order valence-corrected chi connectivity index (χ1v) is 4.78. The van der Waals surface area contributed by atoms with Crippen molar-refractivity contribution < 1.29 is 37.5 Å². The monoisotopic (exact) mass is 283 g/mol. The second-order valence-corrected chi connectivity index (χ2v) is 3.35. The van der Waals surface area contributed by atoms with E-state index in [1.165, 1.54) is 0 Å². The maximum Gasteiger partial charge on any atom is 0.0895 e. The largest absolute Gasteiger partial charge is 0.348 e. The Morgan fingerprint density at radius 1 is 1.06 bits per heavy atom. The van der Waals surface area contributed by atoms with Crippen LogP contribution in [0.5, 0.6) is 0 Å². The Bertz CT molecular complexity index is 477. The van der Waals surface area contributed by atoms with Gasteiger partial charge in [-0.25, -0.2) is 0 Å². The molecule has 2 rings (SSSR count). The maximum absolute atomic E-state index is 11.9. The fourth-order valence-electron chi connectivity index (χ4n) is 1.40. The van der Waals surface area contributed by atoms with Gasteiger partial charge in [-0.05, 0) is 0 Å². The Morgan fingerprint density at radius 2 is 1.81 bits per heavy atom. The molecule has 0 heterocycles. The molecule has 0 fully saturated rings. The van der Waals surface area contributed by atoms with E-state index in [9.17, 15) is 4.79 Å². The molecule has 0 amide bonds. The predicted molar refractivity (Wildman–Crippen MR) is 58.7 cm³/mol. The number of ketones is 1. The molecule has 0 unspecified atom stereocenters. The minimum Gasteiger partial charge on any atom is -0.348 e. The Balaban J connectivity index is 0.00000128. The quantitative estimate of drug-likeness (QED) is 0.612. The Hall–Kier alpha value is -0.786. The molecule has 2 aromatic rings. The first kappa shape index (κ1) is 13.3. The van der Waals surface area contributed by atoms with E-state index in [1.807, 2.05) is 31.2 Å². The van der Waals surface area contributed by atoms with E-state index in [0.29, 0.717) is 11.1 Å². The van der Waals surface area contributed by atoms with Gasteiger partial charge in [0.2, 0.25) is 0 Å². The molecule has 77 valence electrons. The number of rotatable bonds is 2. The van der Waals surface area contributed by atoms with E-state index in [0.717, 1.165) is 5.56 Å². The van der Waals surface area contributed by atoms with E-state index < -0.39 is 0 Å². The zero-order valence-electron chi connectivity index (χ0n) is 9.03.